The molecule has 0 bridgehead atoms. The molecular weight excluding hydrogens is 709 g/mol. The van der Waals surface area contributed by atoms with Gasteiger partial charge in [0.1, 0.15) is 5.54 Å². The van der Waals surface area contributed by atoms with Gasteiger partial charge in [-0.3, -0.25) is 9.59 Å². The van der Waals surface area contributed by atoms with Gasteiger partial charge in [0.15, 0.2) is 0 Å². The minimum absolute atomic E-state index is 0.0593. The van der Waals surface area contributed by atoms with Gasteiger partial charge in [-0.15, -0.1) is 0 Å². The van der Waals surface area contributed by atoms with Crippen molar-refractivity contribution < 1.29 is 35.9 Å². The van der Waals surface area contributed by atoms with Gasteiger partial charge in [0.25, 0.3) is 5.91 Å². The van der Waals surface area contributed by atoms with Crippen molar-refractivity contribution in [3.05, 3.63) is 108 Å². The van der Waals surface area contributed by atoms with Crippen LogP contribution in [0.15, 0.2) is 65.1 Å². The molecule has 2 amide bonds. The molecule has 1 fully saturated rings. The van der Waals surface area contributed by atoms with E-state index in [4.69, 9.17) is 34.8 Å². The van der Waals surface area contributed by atoms with E-state index < -0.39 is 41.2 Å². The van der Waals surface area contributed by atoms with E-state index in [9.17, 15) is 35.9 Å². The number of carbonyl (C=O) groups excluding carboxylic acids is 2. The SMILES string of the molecule is O=C(NC1(C(=O)NCc2cccc(C(F)(F)F)c2)CC1)c1ccc(C=CC(c2cc(Cl)c(Cl)c(Cl)c2)C(F)(F)F)cc1Br. The smallest absolute Gasteiger partial charge is 0.350 e. The summed E-state index contributed by atoms with van der Waals surface area (Å²) in [5, 5.41) is 4.92. The maximum Gasteiger partial charge on any atom is 0.416 e. The normalized spacial score (nSPS) is 15.3. The predicted octanol–water partition coefficient (Wildman–Crippen LogP) is 9.37. The molecule has 4 nitrogen and oxygen atoms in total. The Morgan fingerprint density at radius 3 is 2.16 bits per heavy atom. The Bertz CT molecular complexity index is 1570. The number of alkyl halides is 6. The second kappa shape index (κ2) is 12.7. The van der Waals surface area contributed by atoms with Crippen LogP contribution in [-0.2, 0) is 17.5 Å². The molecule has 0 spiro atoms. The number of nitrogens with one attached hydrogen (secondary N) is 2. The summed E-state index contributed by atoms with van der Waals surface area (Å²) < 4.78 is 80.7. The molecule has 1 atom stereocenters. The molecule has 0 aromatic heterocycles. The first-order valence-electron chi connectivity index (χ1n) is 12.5. The van der Waals surface area contributed by atoms with Crippen LogP contribution in [0.2, 0.25) is 15.1 Å². The van der Waals surface area contributed by atoms with Crippen LogP contribution < -0.4 is 10.6 Å². The van der Waals surface area contributed by atoms with Crippen LogP contribution in [0.5, 0.6) is 0 Å². The summed E-state index contributed by atoms with van der Waals surface area (Å²) in [4.78, 5) is 25.8. The highest BCUT2D eigenvalue weighted by molar-refractivity contribution is 9.10. The molecule has 1 aliphatic carbocycles. The Morgan fingerprint density at radius 2 is 1.60 bits per heavy atom. The van der Waals surface area contributed by atoms with Gasteiger partial charge < -0.3 is 10.6 Å². The van der Waals surface area contributed by atoms with Crippen molar-refractivity contribution in [3.8, 4) is 0 Å². The molecule has 3 aromatic rings. The topological polar surface area (TPSA) is 58.2 Å². The third-order valence-electron chi connectivity index (χ3n) is 6.68. The first-order chi connectivity index (χ1) is 20.0. The van der Waals surface area contributed by atoms with E-state index >= 15 is 0 Å². The fourth-order valence-corrected chi connectivity index (χ4v) is 5.41. The quantitative estimate of drug-likeness (QED) is 0.180. The minimum Gasteiger partial charge on any atom is -0.350 e. The van der Waals surface area contributed by atoms with E-state index in [2.05, 4.69) is 26.6 Å². The number of rotatable bonds is 8. The van der Waals surface area contributed by atoms with Crippen LogP contribution in [0, 0.1) is 0 Å². The summed E-state index contributed by atoms with van der Waals surface area (Å²) in [5.41, 5.74) is -1.57. The summed E-state index contributed by atoms with van der Waals surface area (Å²) in [6, 6.07) is 11.0. The number of benzene rings is 3. The van der Waals surface area contributed by atoms with E-state index in [1.807, 2.05) is 0 Å². The summed E-state index contributed by atoms with van der Waals surface area (Å²) in [6.07, 6.45) is -6.40. The van der Waals surface area contributed by atoms with Crippen molar-refractivity contribution in [2.24, 2.45) is 0 Å². The van der Waals surface area contributed by atoms with Gasteiger partial charge in [0.05, 0.1) is 32.1 Å². The fourth-order valence-electron chi connectivity index (χ4n) is 4.22. The summed E-state index contributed by atoms with van der Waals surface area (Å²) >= 11 is 21.0. The van der Waals surface area contributed by atoms with E-state index in [0.29, 0.717) is 18.4 Å². The summed E-state index contributed by atoms with van der Waals surface area (Å²) in [5.74, 6) is -3.21. The molecule has 228 valence electrons. The molecule has 0 saturated heterocycles. The molecule has 1 unspecified atom stereocenters. The Morgan fingerprint density at radius 1 is 0.953 bits per heavy atom. The van der Waals surface area contributed by atoms with Crippen LogP contribution in [0.1, 0.15) is 51.4 Å². The lowest BCUT2D eigenvalue weighted by Crippen LogP contribution is -2.48. The first-order valence-corrected chi connectivity index (χ1v) is 14.4. The van der Waals surface area contributed by atoms with Crippen LogP contribution >= 0.6 is 50.7 Å². The van der Waals surface area contributed by atoms with Gasteiger partial charge in [-0.2, -0.15) is 26.3 Å². The predicted molar refractivity (Wildman–Crippen MR) is 156 cm³/mol. The molecule has 2 N–H and O–H groups in total. The second-order valence-corrected chi connectivity index (χ2v) is 11.9. The molecule has 3 aromatic carbocycles. The Hall–Kier alpha value is -2.73. The van der Waals surface area contributed by atoms with Gasteiger partial charge in [-0.05, 0) is 81.9 Å². The lowest BCUT2D eigenvalue weighted by atomic mass is 9.97. The molecule has 1 aliphatic rings. The Balaban J connectivity index is 1.44. The Kier molecular flexibility index (Phi) is 9.80. The van der Waals surface area contributed by atoms with Crippen molar-refractivity contribution in [2.75, 3.05) is 0 Å². The van der Waals surface area contributed by atoms with Gasteiger partial charge in [-0.25, -0.2) is 0 Å². The minimum atomic E-state index is -4.67. The molecule has 0 aliphatic heterocycles. The van der Waals surface area contributed by atoms with Crippen molar-refractivity contribution in [2.45, 2.75) is 43.2 Å². The molecular formula is C29H20BrCl3F6N2O2. The molecule has 0 heterocycles. The standard InChI is InChI=1S/C29H20BrCl3F6N2O2/c30-21-11-15(5-7-20(29(37,38)39)17-12-22(31)24(33)23(32)13-17)4-6-19(21)25(42)41-27(8-9-27)26(43)40-14-16-2-1-3-18(10-16)28(34,35)36/h1-7,10-13,20H,8-9,14H2,(H,40,43)(H,41,42). The van der Waals surface area contributed by atoms with E-state index in [0.717, 1.165) is 30.3 Å². The van der Waals surface area contributed by atoms with Crippen molar-refractivity contribution >= 4 is 68.6 Å². The molecule has 4 rings (SSSR count). The zero-order valence-corrected chi connectivity index (χ0v) is 25.5. The number of carbonyl (C=O) groups is 2. The highest BCUT2D eigenvalue weighted by atomic mass is 79.9. The van der Waals surface area contributed by atoms with Gasteiger partial charge in [-0.1, -0.05) is 65.2 Å². The van der Waals surface area contributed by atoms with E-state index in [1.165, 1.54) is 36.4 Å². The van der Waals surface area contributed by atoms with Crippen LogP contribution in [-0.4, -0.2) is 23.5 Å². The van der Waals surface area contributed by atoms with Crippen molar-refractivity contribution in [1.29, 1.82) is 0 Å². The molecule has 43 heavy (non-hydrogen) atoms. The third-order valence-corrected chi connectivity index (χ3v) is 8.53. The summed E-state index contributed by atoms with van der Waals surface area (Å²) in [6.45, 7) is -0.168. The lowest BCUT2D eigenvalue weighted by Gasteiger charge is -2.19. The van der Waals surface area contributed by atoms with Crippen LogP contribution in [0.4, 0.5) is 26.3 Å². The lowest BCUT2D eigenvalue weighted by molar-refractivity contribution is -0.139. The van der Waals surface area contributed by atoms with Gasteiger partial charge in [0, 0.05) is 11.0 Å². The highest BCUT2D eigenvalue weighted by Gasteiger charge is 2.51. The first kappa shape index (κ1) is 33.2. The van der Waals surface area contributed by atoms with Crippen LogP contribution in [0.3, 0.4) is 0 Å². The van der Waals surface area contributed by atoms with E-state index in [1.54, 1.807) is 0 Å². The second-order valence-electron chi connectivity index (χ2n) is 9.83. The molecule has 0 radical (unpaired) electrons. The maximum absolute atomic E-state index is 13.9. The molecule has 1 saturated carbocycles. The average Bonchev–Trinajstić information content (AvgIpc) is 3.70. The highest BCUT2D eigenvalue weighted by Crippen LogP contribution is 2.41. The monoisotopic (exact) mass is 726 g/mol. The van der Waals surface area contributed by atoms with Crippen molar-refractivity contribution in [3.63, 3.8) is 0 Å². The number of hydrogen-bond donors (Lipinski definition) is 2. The fraction of sp³-hybridized carbons (Fsp3) is 0.241. The largest absolute Gasteiger partial charge is 0.416 e. The van der Waals surface area contributed by atoms with E-state index in [-0.39, 0.29) is 42.8 Å². The van der Waals surface area contributed by atoms with Gasteiger partial charge >= 0.3 is 12.4 Å². The van der Waals surface area contributed by atoms with Crippen molar-refractivity contribution in [1.82, 2.24) is 10.6 Å². The molecule has 14 heteroatoms. The van der Waals surface area contributed by atoms with Crippen LogP contribution in [0.25, 0.3) is 6.08 Å². The number of hydrogen-bond acceptors (Lipinski definition) is 2. The number of allylic oxidation sites excluding steroid dienone is 1. The number of halogens is 10. The zero-order valence-electron chi connectivity index (χ0n) is 21.6. The van der Waals surface area contributed by atoms with Gasteiger partial charge in [0.2, 0.25) is 5.91 Å². The average molecular weight is 729 g/mol. The Labute approximate surface area is 265 Å². The number of amides is 2. The maximum atomic E-state index is 13.9. The summed E-state index contributed by atoms with van der Waals surface area (Å²) in [7, 11) is 0. The third kappa shape index (κ3) is 8.06. The zero-order chi connectivity index (χ0) is 31.7.